The Morgan fingerprint density at radius 1 is 1.47 bits per heavy atom. The lowest BCUT2D eigenvalue weighted by Gasteiger charge is -2.31. The van der Waals surface area contributed by atoms with Crippen LogP contribution in [0.25, 0.3) is 0 Å². The maximum Gasteiger partial charge on any atom is 0.224 e. The molecule has 0 aliphatic carbocycles. The lowest BCUT2D eigenvalue weighted by Crippen LogP contribution is -2.53. The molecule has 15 heavy (non-hydrogen) atoms. The number of hydrogen-bond donors (Lipinski definition) is 2. The lowest BCUT2D eigenvalue weighted by molar-refractivity contribution is -0.125. The molecule has 0 saturated carbocycles. The molecule has 2 fully saturated rings. The van der Waals surface area contributed by atoms with E-state index in [0.717, 1.165) is 30.9 Å². The quantitative estimate of drug-likeness (QED) is 0.741. The van der Waals surface area contributed by atoms with Crippen LogP contribution in [0.15, 0.2) is 0 Å². The molecule has 2 rings (SSSR count). The summed E-state index contributed by atoms with van der Waals surface area (Å²) in [6, 6.07) is 0.772. The van der Waals surface area contributed by atoms with Crippen LogP contribution in [-0.4, -0.2) is 36.0 Å². The van der Waals surface area contributed by atoms with Gasteiger partial charge in [-0.2, -0.15) is 11.8 Å². The molecule has 2 heterocycles. The summed E-state index contributed by atoms with van der Waals surface area (Å²) in [7, 11) is 0. The predicted octanol–water partition coefficient (Wildman–Crippen LogP) is 0.996. The van der Waals surface area contributed by atoms with E-state index in [2.05, 4.69) is 17.6 Å². The van der Waals surface area contributed by atoms with Gasteiger partial charge in [0.15, 0.2) is 0 Å². The minimum Gasteiger partial charge on any atom is -0.352 e. The van der Waals surface area contributed by atoms with E-state index < -0.39 is 0 Å². The summed E-state index contributed by atoms with van der Waals surface area (Å²) in [5, 5.41) is 6.60. The molecule has 2 aliphatic heterocycles. The topological polar surface area (TPSA) is 41.1 Å². The number of hydrogen-bond acceptors (Lipinski definition) is 3. The highest BCUT2D eigenvalue weighted by molar-refractivity contribution is 7.99. The van der Waals surface area contributed by atoms with E-state index in [1.54, 1.807) is 0 Å². The molecule has 0 bridgehead atoms. The van der Waals surface area contributed by atoms with Crippen molar-refractivity contribution in [2.75, 3.05) is 18.1 Å². The second kappa shape index (κ2) is 5.21. The van der Waals surface area contributed by atoms with E-state index in [-0.39, 0.29) is 11.8 Å². The van der Waals surface area contributed by atoms with Crippen molar-refractivity contribution in [3.05, 3.63) is 0 Å². The summed E-state index contributed by atoms with van der Waals surface area (Å²) < 4.78 is 0. The van der Waals surface area contributed by atoms with Gasteiger partial charge in [-0.25, -0.2) is 0 Å². The van der Waals surface area contributed by atoms with Crippen molar-refractivity contribution in [3.8, 4) is 0 Å². The van der Waals surface area contributed by atoms with Crippen molar-refractivity contribution in [1.82, 2.24) is 10.6 Å². The zero-order chi connectivity index (χ0) is 10.7. The van der Waals surface area contributed by atoms with Crippen LogP contribution in [0.5, 0.6) is 0 Å². The summed E-state index contributed by atoms with van der Waals surface area (Å²) in [6.07, 6.45) is 3.36. The van der Waals surface area contributed by atoms with Crippen LogP contribution in [0.4, 0.5) is 0 Å². The van der Waals surface area contributed by atoms with Crippen molar-refractivity contribution in [2.45, 2.75) is 38.3 Å². The van der Waals surface area contributed by atoms with Gasteiger partial charge in [0.2, 0.25) is 5.91 Å². The molecular weight excluding hydrogens is 208 g/mol. The highest BCUT2D eigenvalue weighted by atomic mass is 32.2. The first-order valence-corrected chi connectivity index (χ1v) is 7.04. The summed E-state index contributed by atoms with van der Waals surface area (Å²) in [5.41, 5.74) is 0. The molecule has 2 aliphatic rings. The summed E-state index contributed by atoms with van der Waals surface area (Å²) in [6.45, 7) is 3.25. The van der Waals surface area contributed by atoms with Crippen LogP contribution in [-0.2, 0) is 4.79 Å². The van der Waals surface area contributed by atoms with Crippen molar-refractivity contribution in [1.29, 1.82) is 0 Å². The smallest absolute Gasteiger partial charge is 0.224 e. The molecule has 3 nitrogen and oxygen atoms in total. The zero-order valence-electron chi connectivity index (χ0n) is 9.29. The summed E-state index contributed by atoms with van der Waals surface area (Å²) >= 11 is 1.90. The molecular formula is C11H20N2OS. The van der Waals surface area contributed by atoms with Crippen LogP contribution in [0.2, 0.25) is 0 Å². The molecule has 86 valence electrons. The second-order valence-corrected chi connectivity index (χ2v) is 5.71. The number of carbonyl (C=O) groups excluding carboxylic acids is 1. The monoisotopic (exact) mass is 228 g/mol. The highest BCUT2D eigenvalue weighted by Crippen LogP contribution is 2.23. The Kier molecular flexibility index (Phi) is 3.92. The standard InChI is InChI=1S/C11H20N2OS/c1-8-10(3-2-5-12-8)13-11(14)9-4-6-15-7-9/h8-10,12H,2-7H2,1H3,(H,13,14). The van der Waals surface area contributed by atoms with Gasteiger partial charge in [-0.05, 0) is 38.5 Å². The minimum atomic E-state index is 0.268. The van der Waals surface area contributed by atoms with Crippen molar-refractivity contribution in [2.24, 2.45) is 5.92 Å². The van der Waals surface area contributed by atoms with Crippen LogP contribution >= 0.6 is 11.8 Å². The van der Waals surface area contributed by atoms with E-state index in [9.17, 15) is 4.79 Å². The molecule has 2 N–H and O–H groups in total. The summed E-state index contributed by atoms with van der Waals surface area (Å²) in [5.74, 6) is 2.71. The highest BCUT2D eigenvalue weighted by Gasteiger charge is 2.28. The van der Waals surface area contributed by atoms with Gasteiger partial charge in [-0.15, -0.1) is 0 Å². The average Bonchev–Trinajstić information content (AvgIpc) is 2.74. The van der Waals surface area contributed by atoms with Crippen LogP contribution in [0, 0.1) is 5.92 Å². The van der Waals surface area contributed by atoms with Crippen LogP contribution in [0.1, 0.15) is 26.2 Å². The zero-order valence-corrected chi connectivity index (χ0v) is 10.1. The Balaban J connectivity index is 1.81. The number of amides is 1. The number of carbonyl (C=O) groups is 1. The Bertz CT molecular complexity index is 229. The lowest BCUT2D eigenvalue weighted by atomic mass is 9.98. The molecule has 3 unspecified atom stereocenters. The Hall–Kier alpha value is -0.220. The van der Waals surface area contributed by atoms with E-state index in [1.165, 1.54) is 6.42 Å². The van der Waals surface area contributed by atoms with Crippen LogP contribution < -0.4 is 10.6 Å². The van der Waals surface area contributed by atoms with Gasteiger partial charge in [0.05, 0.1) is 0 Å². The van der Waals surface area contributed by atoms with E-state index in [4.69, 9.17) is 0 Å². The van der Waals surface area contributed by atoms with Crippen molar-refractivity contribution in [3.63, 3.8) is 0 Å². The molecule has 0 aromatic rings. The Morgan fingerprint density at radius 3 is 3.00 bits per heavy atom. The molecule has 0 aromatic carbocycles. The third kappa shape index (κ3) is 2.88. The van der Waals surface area contributed by atoms with E-state index in [0.29, 0.717) is 12.1 Å². The van der Waals surface area contributed by atoms with Gasteiger partial charge in [0.25, 0.3) is 0 Å². The number of rotatable bonds is 2. The second-order valence-electron chi connectivity index (χ2n) is 4.56. The molecule has 3 atom stereocenters. The SMILES string of the molecule is CC1NCCCC1NC(=O)C1CCSC1. The fraction of sp³-hybridized carbons (Fsp3) is 0.909. The Labute approximate surface area is 95.8 Å². The maximum absolute atomic E-state index is 11.9. The number of piperidine rings is 1. The Morgan fingerprint density at radius 2 is 2.33 bits per heavy atom. The summed E-state index contributed by atoms with van der Waals surface area (Å²) in [4.78, 5) is 11.9. The van der Waals surface area contributed by atoms with E-state index in [1.807, 2.05) is 11.8 Å². The van der Waals surface area contributed by atoms with Gasteiger partial charge in [-0.3, -0.25) is 4.79 Å². The normalized spacial score (nSPS) is 36.5. The van der Waals surface area contributed by atoms with Gasteiger partial charge in [-0.1, -0.05) is 0 Å². The van der Waals surface area contributed by atoms with Gasteiger partial charge in [0.1, 0.15) is 0 Å². The van der Waals surface area contributed by atoms with Crippen molar-refractivity contribution < 1.29 is 4.79 Å². The largest absolute Gasteiger partial charge is 0.352 e. The molecule has 2 saturated heterocycles. The maximum atomic E-state index is 11.9. The van der Waals surface area contributed by atoms with Gasteiger partial charge >= 0.3 is 0 Å². The first-order valence-electron chi connectivity index (χ1n) is 5.89. The molecule has 1 amide bonds. The molecule has 0 spiro atoms. The predicted molar refractivity (Wildman–Crippen MR) is 64.1 cm³/mol. The van der Waals surface area contributed by atoms with E-state index >= 15 is 0 Å². The van der Waals surface area contributed by atoms with Gasteiger partial charge in [0, 0.05) is 23.8 Å². The third-order valence-electron chi connectivity index (χ3n) is 3.39. The first kappa shape index (κ1) is 11.3. The molecule has 0 aromatic heterocycles. The fourth-order valence-corrected chi connectivity index (χ4v) is 3.50. The van der Waals surface area contributed by atoms with Gasteiger partial charge < -0.3 is 10.6 Å². The average molecular weight is 228 g/mol. The number of thioether (sulfide) groups is 1. The fourth-order valence-electron chi connectivity index (χ4n) is 2.28. The third-order valence-corrected chi connectivity index (χ3v) is 4.55. The molecule has 0 radical (unpaired) electrons. The molecule has 4 heteroatoms. The van der Waals surface area contributed by atoms with Crippen LogP contribution in [0.3, 0.4) is 0 Å². The van der Waals surface area contributed by atoms with Crippen molar-refractivity contribution >= 4 is 17.7 Å². The first-order chi connectivity index (χ1) is 7.27. The minimum absolute atomic E-state index is 0.268. The number of nitrogens with one attached hydrogen (secondary N) is 2.